The van der Waals surface area contributed by atoms with Crippen LogP contribution in [0.2, 0.25) is 0 Å². The SMILES string of the molecule is CCC(C)c1ccc(Oc2ccc(CCl)c(C)c2)cc1. The van der Waals surface area contributed by atoms with Crippen molar-refractivity contribution in [3.05, 3.63) is 59.2 Å². The third-order valence-corrected chi connectivity index (χ3v) is 4.04. The number of rotatable bonds is 5. The Hall–Kier alpha value is -1.47. The van der Waals surface area contributed by atoms with Gasteiger partial charge in [-0.2, -0.15) is 0 Å². The van der Waals surface area contributed by atoms with Crippen molar-refractivity contribution in [3.63, 3.8) is 0 Å². The van der Waals surface area contributed by atoms with Gasteiger partial charge in [0.05, 0.1) is 0 Å². The molecule has 20 heavy (non-hydrogen) atoms. The molecule has 1 atom stereocenters. The molecule has 0 spiro atoms. The van der Waals surface area contributed by atoms with Gasteiger partial charge in [0.15, 0.2) is 0 Å². The van der Waals surface area contributed by atoms with E-state index in [0.29, 0.717) is 11.8 Å². The van der Waals surface area contributed by atoms with E-state index in [-0.39, 0.29) is 0 Å². The zero-order valence-corrected chi connectivity index (χ0v) is 13.1. The molecule has 0 aliphatic rings. The molecule has 1 nitrogen and oxygen atoms in total. The Bertz CT molecular complexity index is 560. The summed E-state index contributed by atoms with van der Waals surface area (Å²) in [6.45, 7) is 6.50. The van der Waals surface area contributed by atoms with E-state index in [2.05, 4.69) is 32.9 Å². The molecule has 106 valence electrons. The van der Waals surface area contributed by atoms with Crippen LogP contribution < -0.4 is 4.74 Å². The first-order valence-corrected chi connectivity index (χ1v) is 7.60. The molecule has 0 N–H and O–H groups in total. The molecule has 0 radical (unpaired) electrons. The van der Waals surface area contributed by atoms with Gasteiger partial charge in [-0.25, -0.2) is 0 Å². The maximum atomic E-state index is 5.88. The smallest absolute Gasteiger partial charge is 0.127 e. The molecule has 0 aliphatic heterocycles. The van der Waals surface area contributed by atoms with Gasteiger partial charge in [-0.3, -0.25) is 0 Å². The molecule has 2 heteroatoms. The quantitative estimate of drug-likeness (QED) is 0.609. The van der Waals surface area contributed by atoms with Crippen LogP contribution in [-0.4, -0.2) is 0 Å². The fourth-order valence-electron chi connectivity index (χ4n) is 2.12. The minimum atomic E-state index is 0.537. The van der Waals surface area contributed by atoms with Gasteiger partial charge in [0.1, 0.15) is 11.5 Å². The first kappa shape index (κ1) is 14.9. The largest absolute Gasteiger partial charge is 0.457 e. The molecule has 0 saturated carbocycles. The first-order chi connectivity index (χ1) is 9.63. The van der Waals surface area contributed by atoms with Crippen LogP contribution in [0.15, 0.2) is 42.5 Å². The molecule has 0 amide bonds. The lowest BCUT2D eigenvalue weighted by atomic mass is 9.99. The second kappa shape index (κ2) is 6.81. The minimum absolute atomic E-state index is 0.537. The average Bonchev–Trinajstić information content (AvgIpc) is 2.47. The molecule has 2 rings (SSSR count). The molecule has 1 unspecified atom stereocenters. The Morgan fingerprint density at radius 2 is 1.70 bits per heavy atom. The van der Waals surface area contributed by atoms with E-state index in [4.69, 9.17) is 16.3 Å². The van der Waals surface area contributed by atoms with E-state index >= 15 is 0 Å². The van der Waals surface area contributed by atoms with Gasteiger partial charge in [-0.1, -0.05) is 32.0 Å². The lowest BCUT2D eigenvalue weighted by Gasteiger charge is -2.11. The molecule has 0 fully saturated rings. The Morgan fingerprint density at radius 3 is 2.25 bits per heavy atom. The van der Waals surface area contributed by atoms with Crippen molar-refractivity contribution < 1.29 is 4.74 Å². The van der Waals surface area contributed by atoms with Crippen molar-refractivity contribution in [2.75, 3.05) is 0 Å². The molecule has 0 aliphatic carbocycles. The summed E-state index contributed by atoms with van der Waals surface area (Å²) >= 11 is 5.86. The molecule has 0 heterocycles. The topological polar surface area (TPSA) is 9.23 Å². The van der Waals surface area contributed by atoms with Crippen molar-refractivity contribution in [3.8, 4) is 11.5 Å². The predicted molar refractivity (Wildman–Crippen MR) is 86.0 cm³/mol. The highest BCUT2D eigenvalue weighted by atomic mass is 35.5. The second-order valence-corrected chi connectivity index (χ2v) is 5.47. The van der Waals surface area contributed by atoms with Crippen molar-refractivity contribution in [1.29, 1.82) is 0 Å². The van der Waals surface area contributed by atoms with Crippen LogP contribution in [0.3, 0.4) is 0 Å². The molecular formula is C18H21ClO. The molecule has 0 aromatic heterocycles. The summed E-state index contributed by atoms with van der Waals surface area (Å²) in [5.41, 5.74) is 3.66. The molecular weight excluding hydrogens is 268 g/mol. The maximum absolute atomic E-state index is 5.88. The second-order valence-electron chi connectivity index (χ2n) is 5.20. The number of halogens is 1. The molecule has 0 saturated heterocycles. The molecule has 2 aromatic carbocycles. The highest BCUT2D eigenvalue weighted by Gasteiger charge is 2.04. The van der Waals surface area contributed by atoms with E-state index in [9.17, 15) is 0 Å². The average molecular weight is 289 g/mol. The zero-order valence-electron chi connectivity index (χ0n) is 12.3. The summed E-state index contributed by atoms with van der Waals surface area (Å²) in [6.07, 6.45) is 1.15. The number of aryl methyl sites for hydroxylation is 1. The number of hydrogen-bond donors (Lipinski definition) is 0. The van der Waals surface area contributed by atoms with E-state index in [1.54, 1.807) is 0 Å². The third kappa shape index (κ3) is 3.55. The van der Waals surface area contributed by atoms with Gasteiger partial charge in [0.25, 0.3) is 0 Å². The fourth-order valence-corrected chi connectivity index (χ4v) is 2.42. The summed E-state index contributed by atoms with van der Waals surface area (Å²) in [7, 11) is 0. The Labute approximate surface area is 126 Å². The third-order valence-electron chi connectivity index (χ3n) is 3.76. The Morgan fingerprint density at radius 1 is 1.05 bits per heavy atom. The van der Waals surface area contributed by atoms with Crippen LogP contribution in [0.1, 0.15) is 42.9 Å². The summed E-state index contributed by atoms with van der Waals surface area (Å²) < 4.78 is 5.88. The molecule has 0 bridgehead atoms. The van der Waals surface area contributed by atoms with Gasteiger partial charge >= 0.3 is 0 Å². The van der Waals surface area contributed by atoms with Crippen LogP contribution in [0.4, 0.5) is 0 Å². The van der Waals surface area contributed by atoms with Crippen molar-refractivity contribution in [2.24, 2.45) is 0 Å². The van der Waals surface area contributed by atoms with E-state index in [1.165, 1.54) is 5.56 Å². The maximum Gasteiger partial charge on any atom is 0.127 e. The monoisotopic (exact) mass is 288 g/mol. The van der Waals surface area contributed by atoms with Crippen LogP contribution in [0.25, 0.3) is 0 Å². The first-order valence-electron chi connectivity index (χ1n) is 7.07. The Kier molecular flexibility index (Phi) is 5.08. The van der Waals surface area contributed by atoms with Crippen molar-refractivity contribution in [1.82, 2.24) is 0 Å². The lowest BCUT2D eigenvalue weighted by Crippen LogP contribution is -1.92. The van der Waals surface area contributed by atoms with Crippen molar-refractivity contribution in [2.45, 2.75) is 39.0 Å². The van der Waals surface area contributed by atoms with E-state index in [1.807, 2.05) is 30.3 Å². The summed E-state index contributed by atoms with van der Waals surface area (Å²) in [5.74, 6) is 2.85. The highest BCUT2D eigenvalue weighted by Crippen LogP contribution is 2.26. The van der Waals surface area contributed by atoms with Crippen LogP contribution in [0, 0.1) is 6.92 Å². The summed E-state index contributed by atoms with van der Waals surface area (Å²) in [5, 5.41) is 0. The zero-order chi connectivity index (χ0) is 14.5. The van der Waals surface area contributed by atoms with Crippen LogP contribution >= 0.6 is 11.6 Å². The Balaban J connectivity index is 2.12. The predicted octanol–water partition coefficient (Wildman–Crippen LogP) is 6.04. The number of hydrogen-bond acceptors (Lipinski definition) is 1. The number of ether oxygens (including phenoxy) is 1. The van der Waals surface area contributed by atoms with Gasteiger partial charge in [-0.15, -0.1) is 11.6 Å². The minimum Gasteiger partial charge on any atom is -0.457 e. The van der Waals surface area contributed by atoms with Crippen LogP contribution in [-0.2, 0) is 5.88 Å². The van der Waals surface area contributed by atoms with Gasteiger partial charge in [-0.05, 0) is 60.2 Å². The number of benzene rings is 2. The van der Waals surface area contributed by atoms with Crippen LogP contribution in [0.5, 0.6) is 11.5 Å². The number of alkyl halides is 1. The van der Waals surface area contributed by atoms with Crippen molar-refractivity contribution >= 4 is 11.6 Å². The normalized spacial score (nSPS) is 12.2. The standard InChI is InChI=1S/C18H21ClO/c1-4-13(2)15-5-8-17(9-6-15)20-18-10-7-16(12-19)14(3)11-18/h5-11,13H,4,12H2,1-3H3. The lowest BCUT2D eigenvalue weighted by molar-refractivity contribution is 0.481. The van der Waals surface area contributed by atoms with Gasteiger partial charge < -0.3 is 4.74 Å². The fraction of sp³-hybridized carbons (Fsp3) is 0.333. The van der Waals surface area contributed by atoms with Gasteiger partial charge in [0.2, 0.25) is 0 Å². The highest BCUT2D eigenvalue weighted by molar-refractivity contribution is 6.17. The molecule has 2 aromatic rings. The summed E-state index contributed by atoms with van der Waals surface area (Å²) in [4.78, 5) is 0. The van der Waals surface area contributed by atoms with E-state index in [0.717, 1.165) is 29.0 Å². The van der Waals surface area contributed by atoms with E-state index < -0.39 is 0 Å². The van der Waals surface area contributed by atoms with Gasteiger partial charge in [0, 0.05) is 5.88 Å². The summed E-state index contributed by atoms with van der Waals surface area (Å²) in [6, 6.07) is 14.4.